The second-order valence-electron chi connectivity index (χ2n) is 5.38. The first kappa shape index (κ1) is 16.5. The maximum Gasteiger partial charge on any atom is 0.416 e. The fourth-order valence-electron chi connectivity index (χ4n) is 2.42. The summed E-state index contributed by atoms with van der Waals surface area (Å²) in [6.45, 7) is 0. The van der Waals surface area contributed by atoms with Gasteiger partial charge in [-0.3, -0.25) is 15.6 Å². The van der Waals surface area contributed by atoms with Gasteiger partial charge in [-0.15, -0.1) is 0 Å². The van der Waals surface area contributed by atoms with Gasteiger partial charge < -0.3 is 0 Å². The van der Waals surface area contributed by atoms with Crippen molar-refractivity contribution < 1.29 is 18.0 Å². The van der Waals surface area contributed by atoms with Crippen LogP contribution < -0.4 is 10.9 Å². The van der Waals surface area contributed by atoms with Crippen LogP contribution in [0.25, 0.3) is 0 Å². The average Bonchev–Trinajstić information content (AvgIpc) is 3.34. The van der Waals surface area contributed by atoms with Gasteiger partial charge in [0.15, 0.2) is 11.0 Å². The van der Waals surface area contributed by atoms with Gasteiger partial charge in [0.2, 0.25) is 5.91 Å². The van der Waals surface area contributed by atoms with Crippen LogP contribution in [0.2, 0.25) is 5.15 Å². The summed E-state index contributed by atoms with van der Waals surface area (Å²) in [6, 6.07) is 5.05. The number of hydrogen-bond acceptors (Lipinski definition) is 4. The monoisotopic (exact) mass is 356 g/mol. The van der Waals surface area contributed by atoms with E-state index in [0.717, 1.165) is 12.1 Å². The van der Waals surface area contributed by atoms with E-state index in [-0.39, 0.29) is 22.8 Å². The van der Waals surface area contributed by atoms with Crippen LogP contribution >= 0.6 is 11.6 Å². The van der Waals surface area contributed by atoms with Gasteiger partial charge in [0.05, 0.1) is 5.56 Å². The number of nitrogens with one attached hydrogen (secondary N) is 2. The lowest BCUT2D eigenvalue weighted by atomic mass is 10.1. The number of aromatic nitrogens is 2. The Bertz CT molecular complexity index is 768. The van der Waals surface area contributed by atoms with E-state index in [1.54, 1.807) is 6.07 Å². The third kappa shape index (κ3) is 3.59. The number of rotatable bonds is 4. The Hall–Kier alpha value is -2.35. The van der Waals surface area contributed by atoms with Gasteiger partial charge >= 0.3 is 6.18 Å². The standard InChI is InChI=1S/C15H12ClF3N4O/c16-12-13(21-5-4-20-12)22-23-14(24)11-7-10(11)8-2-1-3-9(6-8)15(17,18)19/h1-6,10-11H,7H2,(H,21,22)(H,23,24)/t10-,11+/m1/s1. The summed E-state index contributed by atoms with van der Waals surface area (Å²) in [5, 5.41) is 0.100. The number of carbonyl (C=O) groups excluding carboxylic acids is 1. The summed E-state index contributed by atoms with van der Waals surface area (Å²) < 4.78 is 38.2. The van der Waals surface area contributed by atoms with Gasteiger partial charge in [0.25, 0.3) is 0 Å². The Balaban J connectivity index is 1.61. The molecule has 9 heteroatoms. The fraction of sp³-hybridized carbons (Fsp3) is 0.267. The van der Waals surface area contributed by atoms with Crippen molar-refractivity contribution in [1.82, 2.24) is 15.4 Å². The maximum absolute atomic E-state index is 12.7. The summed E-state index contributed by atoms with van der Waals surface area (Å²) in [7, 11) is 0. The molecule has 1 aromatic heterocycles. The fourth-order valence-corrected chi connectivity index (χ4v) is 2.57. The third-order valence-corrected chi connectivity index (χ3v) is 4.00. The molecule has 0 spiro atoms. The minimum atomic E-state index is -4.40. The van der Waals surface area contributed by atoms with E-state index in [2.05, 4.69) is 20.8 Å². The van der Waals surface area contributed by atoms with Crippen molar-refractivity contribution in [2.75, 3.05) is 5.43 Å². The van der Waals surface area contributed by atoms with E-state index >= 15 is 0 Å². The minimum absolute atomic E-state index is 0.100. The topological polar surface area (TPSA) is 66.9 Å². The molecule has 24 heavy (non-hydrogen) atoms. The molecule has 1 amide bonds. The average molecular weight is 357 g/mol. The number of halogens is 4. The summed E-state index contributed by atoms with van der Waals surface area (Å²) >= 11 is 5.79. The number of anilines is 1. The SMILES string of the molecule is O=C(NNc1nccnc1Cl)[C@H]1C[C@@H]1c1cccc(C(F)(F)F)c1. The summed E-state index contributed by atoms with van der Waals surface area (Å²) in [5.74, 6) is -0.759. The van der Waals surface area contributed by atoms with Crippen LogP contribution in [-0.2, 0) is 11.0 Å². The quantitative estimate of drug-likeness (QED) is 0.824. The van der Waals surface area contributed by atoms with Crippen LogP contribution in [0, 0.1) is 5.92 Å². The molecule has 3 rings (SSSR count). The molecule has 0 unspecified atom stereocenters. The second kappa shape index (κ2) is 6.27. The smallest absolute Gasteiger partial charge is 0.279 e. The molecule has 2 atom stereocenters. The van der Waals surface area contributed by atoms with Crippen molar-refractivity contribution in [3.63, 3.8) is 0 Å². The molecule has 1 aliphatic rings. The van der Waals surface area contributed by atoms with Gasteiger partial charge in [-0.2, -0.15) is 13.2 Å². The van der Waals surface area contributed by atoms with Crippen molar-refractivity contribution >= 4 is 23.3 Å². The first-order valence-electron chi connectivity index (χ1n) is 7.06. The van der Waals surface area contributed by atoms with E-state index in [1.807, 2.05) is 0 Å². The first-order valence-corrected chi connectivity index (χ1v) is 7.43. The zero-order valence-electron chi connectivity index (χ0n) is 12.1. The number of nitrogens with zero attached hydrogens (tertiary/aromatic N) is 2. The van der Waals surface area contributed by atoms with Crippen molar-refractivity contribution in [3.05, 3.63) is 52.9 Å². The van der Waals surface area contributed by atoms with Gasteiger partial charge in [-0.25, -0.2) is 9.97 Å². The minimum Gasteiger partial charge on any atom is -0.279 e. The molecular formula is C15H12ClF3N4O. The number of benzene rings is 1. The van der Waals surface area contributed by atoms with Crippen LogP contribution in [0.15, 0.2) is 36.7 Å². The molecule has 1 aromatic carbocycles. The third-order valence-electron chi connectivity index (χ3n) is 3.73. The molecule has 1 saturated carbocycles. The molecule has 1 heterocycles. The molecule has 0 saturated heterocycles. The highest BCUT2D eigenvalue weighted by atomic mass is 35.5. The molecule has 2 aromatic rings. The van der Waals surface area contributed by atoms with E-state index in [4.69, 9.17) is 11.6 Å². The van der Waals surface area contributed by atoms with E-state index in [1.165, 1.54) is 18.5 Å². The molecular weight excluding hydrogens is 345 g/mol. The first-order chi connectivity index (χ1) is 11.4. The predicted molar refractivity (Wildman–Crippen MR) is 81.1 cm³/mol. The highest BCUT2D eigenvalue weighted by Crippen LogP contribution is 2.48. The normalized spacial score (nSPS) is 19.7. The van der Waals surface area contributed by atoms with Gasteiger partial charge in [0, 0.05) is 18.3 Å². The number of hydrogen-bond donors (Lipinski definition) is 2. The lowest BCUT2D eigenvalue weighted by Gasteiger charge is -2.09. The summed E-state index contributed by atoms with van der Waals surface area (Å²) in [5.41, 5.74) is 4.79. The predicted octanol–water partition coefficient (Wildman–Crippen LogP) is 3.40. The zero-order chi connectivity index (χ0) is 17.3. The van der Waals surface area contributed by atoms with Crippen molar-refractivity contribution in [3.8, 4) is 0 Å². The summed E-state index contributed by atoms with van der Waals surface area (Å²) in [4.78, 5) is 19.8. The molecule has 1 aliphatic carbocycles. The van der Waals surface area contributed by atoms with Crippen molar-refractivity contribution in [1.29, 1.82) is 0 Å². The molecule has 126 valence electrons. The molecule has 1 fully saturated rings. The van der Waals surface area contributed by atoms with Crippen LogP contribution in [0.3, 0.4) is 0 Å². The zero-order valence-corrected chi connectivity index (χ0v) is 12.9. The number of carbonyl (C=O) groups is 1. The molecule has 0 bridgehead atoms. The van der Waals surface area contributed by atoms with E-state index in [0.29, 0.717) is 12.0 Å². The Labute approximate surface area is 140 Å². The van der Waals surface area contributed by atoms with E-state index < -0.39 is 17.7 Å². The molecule has 2 N–H and O–H groups in total. The lowest BCUT2D eigenvalue weighted by Crippen LogP contribution is -2.31. The number of hydrazine groups is 1. The second-order valence-corrected chi connectivity index (χ2v) is 5.74. The van der Waals surface area contributed by atoms with Gasteiger partial charge in [-0.1, -0.05) is 29.8 Å². The van der Waals surface area contributed by atoms with Gasteiger partial charge in [-0.05, 0) is 24.0 Å². The van der Waals surface area contributed by atoms with Crippen LogP contribution in [0.5, 0.6) is 0 Å². The Kier molecular flexibility index (Phi) is 4.31. The van der Waals surface area contributed by atoms with E-state index in [9.17, 15) is 18.0 Å². The van der Waals surface area contributed by atoms with Crippen LogP contribution in [-0.4, -0.2) is 15.9 Å². The van der Waals surface area contributed by atoms with Crippen LogP contribution in [0.1, 0.15) is 23.5 Å². The van der Waals surface area contributed by atoms with Gasteiger partial charge in [0.1, 0.15) is 0 Å². The lowest BCUT2D eigenvalue weighted by molar-refractivity contribution is -0.137. The Morgan fingerprint density at radius 3 is 2.71 bits per heavy atom. The van der Waals surface area contributed by atoms with Crippen LogP contribution in [0.4, 0.5) is 19.0 Å². The number of alkyl halides is 3. The molecule has 0 radical (unpaired) electrons. The van der Waals surface area contributed by atoms with Crippen molar-refractivity contribution in [2.24, 2.45) is 5.92 Å². The molecule has 5 nitrogen and oxygen atoms in total. The molecule has 0 aliphatic heterocycles. The highest BCUT2D eigenvalue weighted by Gasteiger charge is 2.44. The highest BCUT2D eigenvalue weighted by molar-refractivity contribution is 6.31. The van der Waals surface area contributed by atoms with Crippen molar-refractivity contribution in [2.45, 2.75) is 18.5 Å². The Morgan fingerprint density at radius 2 is 2.00 bits per heavy atom. The summed E-state index contributed by atoms with van der Waals surface area (Å²) in [6.07, 6.45) is -1.10. The largest absolute Gasteiger partial charge is 0.416 e. The Morgan fingerprint density at radius 1 is 1.25 bits per heavy atom. The maximum atomic E-state index is 12.7. The number of amides is 1.